The van der Waals surface area contributed by atoms with Gasteiger partial charge in [0.15, 0.2) is 17.4 Å². The minimum absolute atomic E-state index is 0.236. The van der Waals surface area contributed by atoms with Crippen LogP contribution in [0.15, 0.2) is 60.7 Å². The van der Waals surface area contributed by atoms with Crippen LogP contribution in [0, 0.1) is 23.3 Å². The number of hydrogen-bond acceptors (Lipinski definition) is 1. The molecule has 0 aliphatic carbocycles. The molecule has 0 unspecified atom stereocenters. The summed E-state index contributed by atoms with van der Waals surface area (Å²) in [6.45, 7) is 2.15. The highest BCUT2D eigenvalue weighted by Crippen LogP contribution is 2.35. The molecule has 0 spiro atoms. The van der Waals surface area contributed by atoms with Crippen LogP contribution < -0.4 is 4.74 Å². The fraction of sp³-hybridized carbons (Fsp3) is 0.185. The van der Waals surface area contributed by atoms with Crippen LogP contribution in [0.3, 0.4) is 0 Å². The Kier molecular flexibility index (Phi) is 6.17. The van der Waals surface area contributed by atoms with Crippen molar-refractivity contribution in [1.82, 2.24) is 0 Å². The molecule has 1 nitrogen and oxygen atoms in total. The summed E-state index contributed by atoms with van der Waals surface area (Å²) < 4.78 is 62.5. The first-order chi connectivity index (χ1) is 15.4. The summed E-state index contributed by atoms with van der Waals surface area (Å²) in [5.74, 6) is -4.46. The third kappa shape index (κ3) is 4.20. The number of methoxy groups -OCH3 is 1. The van der Waals surface area contributed by atoms with Gasteiger partial charge >= 0.3 is 0 Å². The van der Waals surface area contributed by atoms with Crippen molar-refractivity contribution in [3.8, 4) is 28.0 Å². The number of ether oxygens (including phenoxy) is 1. The van der Waals surface area contributed by atoms with Crippen molar-refractivity contribution in [3.63, 3.8) is 0 Å². The number of unbranched alkanes of at least 4 members (excludes halogenated alkanes) is 1. The molecule has 4 rings (SSSR count). The first-order valence-electron chi connectivity index (χ1n) is 10.5. The van der Waals surface area contributed by atoms with Gasteiger partial charge in [0.05, 0.1) is 12.7 Å². The van der Waals surface area contributed by atoms with Crippen LogP contribution in [0.5, 0.6) is 5.75 Å². The first kappa shape index (κ1) is 21.9. The maximum atomic E-state index is 14.9. The predicted molar refractivity (Wildman–Crippen MR) is 120 cm³/mol. The second-order valence-corrected chi connectivity index (χ2v) is 7.79. The molecule has 164 valence electrons. The Morgan fingerprint density at radius 2 is 1.25 bits per heavy atom. The van der Waals surface area contributed by atoms with Gasteiger partial charge in [0, 0.05) is 0 Å². The lowest BCUT2D eigenvalue weighted by atomic mass is 9.96. The first-order valence-corrected chi connectivity index (χ1v) is 10.5. The third-order valence-electron chi connectivity index (χ3n) is 5.59. The highest BCUT2D eigenvalue weighted by atomic mass is 19.1. The van der Waals surface area contributed by atoms with Crippen molar-refractivity contribution in [2.45, 2.75) is 26.2 Å². The van der Waals surface area contributed by atoms with Crippen molar-refractivity contribution >= 4 is 10.8 Å². The van der Waals surface area contributed by atoms with E-state index in [2.05, 4.69) is 23.8 Å². The van der Waals surface area contributed by atoms with E-state index in [0.717, 1.165) is 49.3 Å². The number of aryl methyl sites for hydroxylation is 1. The third-order valence-corrected chi connectivity index (χ3v) is 5.59. The Hall–Kier alpha value is -3.34. The summed E-state index contributed by atoms with van der Waals surface area (Å²) >= 11 is 0. The molecule has 0 bridgehead atoms. The Balaban J connectivity index is 1.72. The van der Waals surface area contributed by atoms with E-state index in [1.807, 2.05) is 24.3 Å². The van der Waals surface area contributed by atoms with Crippen LogP contribution in [-0.2, 0) is 6.42 Å². The normalized spacial score (nSPS) is 11.2. The van der Waals surface area contributed by atoms with Crippen LogP contribution >= 0.6 is 0 Å². The fourth-order valence-corrected chi connectivity index (χ4v) is 3.93. The van der Waals surface area contributed by atoms with E-state index in [0.29, 0.717) is 11.1 Å². The molecule has 0 saturated heterocycles. The molecule has 0 saturated carbocycles. The number of rotatable bonds is 6. The van der Waals surface area contributed by atoms with Gasteiger partial charge in [0.2, 0.25) is 0 Å². The zero-order valence-electron chi connectivity index (χ0n) is 17.8. The van der Waals surface area contributed by atoms with Crippen molar-refractivity contribution in [2.75, 3.05) is 7.11 Å². The fourth-order valence-electron chi connectivity index (χ4n) is 3.93. The molecule has 0 radical (unpaired) electrons. The Labute approximate surface area is 184 Å². The Morgan fingerprint density at radius 3 is 1.88 bits per heavy atom. The number of halogens is 4. The second-order valence-electron chi connectivity index (χ2n) is 7.79. The largest absolute Gasteiger partial charge is 0.491 e. The minimum atomic E-state index is -1.03. The van der Waals surface area contributed by atoms with Gasteiger partial charge in [-0.25, -0.2) is 17.6 Å². The maximum Gasteiger partial charge on any atom is 0.190 e. The molecule has 0 heterocycles. The number of benzene rings is 4. The Bertz CT molecular complexity index is 1250. The maximum absolute atomic E-state index is 14.9. The molecule has 0 amide bonds. The van der Waals surface area contributed by atoms with E-state index in [4.69, 9.17) is 0 Å². The average molecular weight is 438 g/mol. The summed E-state index contributed by atoms with van der Waals surface area (Å²) in [7, 11) is 1.12. The van der Waals surface area contributed by atoms with E-state index in [1.54, 1.807) is 0 Å². The number of fused-ring (bicyclic) bond motifs is 1. The van der Waals surface area contributed by atoms with Gasteiger partial charge in [0.1, 0.15) is 11.6 Å². The molecule has 0 aromatic heterocycles. The van der Waals surface area contributed by atoms with E-state index in [9.17, 15) is 17.6 Å². The molecule has 4 aromatic carbocycles. The van der Waals surface area contributed by atoms with Crippen LogP contribution in [0.25, 0.3) is 33.0 Å². The summed E-state index contributed by atoms with van der Waals surface area (Å²) in [5.41, 5.74) is 1.52. The summed E-state index contributed by atoms with van der Waals surface area (Å²) in [5, 5.41) is 2.02. The molecule has 0 N–H and O–H groups in total. The van der Waals surface area contributed by atoms with E-state index in [-0.39, 0.29) is 5.56 Å². The van der Waals surface area contributed by atoms with Gasteiger partial charge in [-0.15, -0.1) is 0 Å². The molecular formula is C27H22F4O. The molecule has 0 aliphatic rings. The Morgan fingerprint density at radius 1 is 0.656 bits per heavy atom. The van der Waals surface area contributed by atoms with Gasteiger partial charge in [-0.1, -0.05) is 43.7 Å². The van der Waals surface area contributed by atoms with Gasteiger partial charge in [0.25, 0.3) is 0 Å². The minimum Gasteiger partial charge on any atom is -0.491 e. The average Bonchev–Trinajstić information content (AvgIpc) is 2.76. The second kappa shape index (κ2) is 9.03. The standard InChI is InChI=1S/C27H22F4O/c1-3-4-5-16-6-7-18-11-19(9-8-17(18)10-16)20-12-22(28)26(23(29)13-20)21-14-24(30)27(32-2)25(31)15-21/h6-15H,3-5H2,1-2H3. The lowest BCUT2D eigenvalue weighted by Crippen LogP contribution is -1.97. The lowest BCUT2D eigenvalue weighted by molar-refractivity contribution is 0.360. The number of hydrogen-bond donors (Lipinski definition) is 0. The summed E-state index contributed by atoms with van der Waals surface area (Å²) in [6.07, 6.45) is 3.26. The van der Waals surface area contributed by atoms with Gasteiger partial charge in [-0.2, -0.15) is 0 Å². The van der Waals surface area contributed by atoms with Crippen molar-refractivity contribution < 1.29 is 22.3 Å². The highest BCUT2D eigenvalue weighted by Gasteiger charge is 2.19. The van der Waals surface area contributed by atoms with Crippen LogP contribution in [0.1, 0.15) is 25.3 Å². The quantitative estimate of drug-likeness (QED) is 0.277. The van der Waals surface area contributed by atoms with Crippen molar-refractivity contribution in [2.24, 2.45) is 0 Å². The van der Waals surface area contributed by atoms with E-state index >= 15 is 0 Å². The molecule has 0 atom stereocenters. The monoisotopic (exact) mass is 438 g/mol. The van der Waals surface area contributed by atoms with Crippen LogP contribution in [-0.4, -0.2) is 7.11 Å². The molecule has 5 heteroatoms. The van der Waals surface area contributed by atoms with Crippen LogP contribution in [0.4, 0.5) is 17.6 Å². The smallest absolute Gasteiger partial charge is 0.190 e. The van der Waals surface area contributed by atoms with E-state index in [1.165, 1.54) is 17.7 Å². The molecule has 0 aliphatic heterocycles. The van der Waals surface area contributed by atoms with Crippen molar-refractivity contribution in [3.05, 3.63) is 89.5 Å². The van der Waals surface area contributed by atoms with Gasteiger partial charge in [-0.3, -0.25) is 0 Å². The van der Waals surface area contributed by atoms with Crippen LogP contribution in [0.2, 0.25) is 0 Å². The molecule has 32 heavy (non-hydrogen) atoms. The van der Waals surface area contributed by atoms with Gasteiger partial charge < -0.3 is 4.74 Å². The zero-order chi connectivity index (χ0) is 22.8. The molecule has 4 aromatic rings. The SMILES string of the molecule is CCCCc1ccc2cc(-c3cc(F)c(-c4cc(F)c(OC)c(F)c4)c(F)c3)ccc2c1. The summed E-state index contributed by atoms with van der Waals surface area (Å²) in [6, 6.07) is 15.9. The molecular weight excluding hydrogens is 416 g/mol. The topological polar surface area (TPSA) is 9.23 Å². The molecule has 0 fully saturated rings. The van der Waals surface area contributed by atoms with E-state index < -0.39 is 34.6 Å². The zero-order valence-corrected chi connectivity index (χ0v) is 17.8. The summed E-state index contributed by atoms with van der Waals surface area (Å²) in [4.78, 5) is 0. The lowest BCUT2D eigenvalue weighted by Gasteiger charge is -2.12. The highest BCUT2D eigenvalue weighted by molar-refractivity contribution is 5.88. The predicted octanol–water partition coefficient (Wildman–Crippen LogP) is 8.08. The van der Waals surface area contributed by atoms with Crippen molar-refractivity contribution in [1.29, 1.82) is 0 Å². The van der Waals surface area contributed by atoms with Gasteiger partial charge in [-0.05, 0) is 76.2 Å².